The highest BCUT2D eigenvalue weighted by Gasteiger charge is 2.55. The van der Waals surface area contributed by atoms with Gasteiger partial charge >= 0.3 is 0 Å². The smallest absolute Gasteiger partial charge is 0.173 e. The van der Waals surface area contributed by atoms with Crippen molar-refractivity contribution in [2.45, 2.75) is 77.2 Å². The minimum absolute atomic E-state index is 0.0301. The van der Waals surface area contributed by atoms with Crippen LogP contribution in [0.5, 0.6) is 0 Å². The summed E-state index contributed by atoms with van der Waals surface area (Å²) < 4.78 is 20.6. The molecule has 1 saturated heterocycles. The summed E-state index contributed by atoms with van der Waals surface area (Å²) in [6.45, 7) is 7.54. The van der Waals surface area contributed by atoms with Gasteiger partial charge in [0.25, 0.3) is 0 Å². The Morgan fingerprint density at radius 2 is 1.96 bits per heavy atom. The van der Waals surface area contributed by atoms with Crippen LogP contribution in [0.2, 0.25) is 0 Å². The molecular formula is C23H31BrO3. The van der Waals surface area contributed by atoms with Crippen molar-refractivity contribution in [3.63, 3.8) is 0 Å². The van der Waals surface area contributed by atoms with Crippen molar-refractivity contribution in [2.75, 3.05) is 0 Å². The van der Waals surface area contributed by atoms with Crippen molar-refractivity contribution in [1.82, 2.24) is 0 Å². The first-order valence-electron chi connectivity index (χ1n) is 10.4. The minimum Gasteiger partial charge on any atom is -0.368 e. The van der Waals surface area contributed by atoms with Gasteiger partial charge in [-0.05, 0) is 29.9 Å². The highest BCUT2D eigenvalue weighted by atomic mass is 79.9. The van der Waals surface area contributed by atoms with Crippen molar-refractivity contribution in [3.05, 3.63) is 46.5 Å². The van der Waals surface area contributed by atoms with Crippen LogP contribution in [0.25, 0.3) is 0 Å². The van der Waals surface area contributed by atoms with Gasteiger partial charge in [0, 0.05) is 23.2 Å². The molecule has 0 unspecified atom stereocenters. The second-order valence-corrected chi connectivity index (χ2v) is 9.78. The van der Waals surface area contributed by atoms with E-state index in [1.165, 1.54) is 18.4 Å². The lowest BCUT2D eigenvalue weighted by Gasteiger charge is -2.44. The zero-order chi connectivity index (χ0) is 19.0. The van der Waals surface area contributed by atoms with Crippen LogP contribution in [-0.4, -0.2) is 24.1 Å². The third-order valence-electron chi connectivity index (χ3n) is 6.40. The van der Waals surface area contributed by atoms with Crippen LogP contribution in [0, 0.1) is 17.8 Å². The summed E-state index contributed by atoms with van der Waals surface area (Å²) in [5, 5.41) is 0. The number of halogens is 1. The van der Waals surface area contributed by atoms with Crippen molar-refractivity contribution < 1.29 is 14.2 Å². The van der Waals surface area contributed by atoms with Crippen molar-refractivity contribution in [1.29, 1.82) is 0 Å². The fourth-order valence-electron chi connectivity index (χ4n) is 5.02. The molecule has 4 heteroatoms. The predicted octanol–water partition coefficient (Wildman–Crippen LogP) is 5.83. The Labute approximate surface area is 171 Å². The van der Waals surface area contributed by atoms with Gasteiger partial charge in [-0.25, -0.2) is 0 Å². The molecule has 0 bridgehead atoms. The van der Waals surface area contributed by atoms with E-state index in [4.69, 9.17) is 14.2 Å². The van der Waals surface area contributed by atoms with Crippen LogP contribution >= 0.6 is 15.9 Å². The van der Waals surface area contributed by atoms with E-state index in [2.05, 4.69) is 67.0 Å². The van der Waals surface area contributed by atoms with E-state index >= 15 is 0 Å². The van der Waals surface area contributed by atoms with E-state index in [-0.39, 0.29) is 18.3 Å². The maximum atomic E-state index is 6.70. The molecule has 1 aromatic carbocycles. The third-order valence-corrected chi connectivity index (χ3v) is 7.17. The molecule has 0 aromatic heterocycles. The summed E-state index contributed by atoms with van der Waals surface area (Å²) in [6.07, 6.45) is 6.63. The van der Waals surface area contributed by atoms with Crippen LogP contribution in [-0.2, 0) is 20.8 Å². The molecule has 1 aliphatic heterocycles. The summed E-state index contributed by atoms with van der Waals surface area (Å²) in [4.78, 5) is 0. The Kier molecular flexibility index (Phi) is 5.80. The number of hydrogen-bond donors (Lipinski definition) is 0. The highest BCUT2D eigenvalue weighted by molar-refractivity contribution is 9.11. The Morgan fingerprint density at radius 1 is 1.19 bits per heavy atom. The molecule has 148 valence electrons. The quantitative estimate of drug-likeness (QED) is 0.596. The lowest BCUT2D eigenvalue weighted by molar-refractivity contribution is -0.242. The number of fused-ring (bicyclic) bond motifs is 1. The second kappa shape index (κ2) is 7.98. The first kappa shape index (κ1) is 19.6. The molecule has 1 spiro atoms. The summed E-state index contributed by atoms with van der Waals surface area (Å²) in [5.41, 5.74) is 1.20. The molecule has 0 N–H and O–H groups in total. The zero-order valence-electron chi connectivity index (χ0n) is 16.6. The zero-order valence-corrected chi connectivity index (χ0v) is 18.2. The van der Waals surface area contributed by atoms with Crippen LogP contribution in [0.15, 0.2) is 40.9 Å². The fraction of sp³-hybridized carbons (Fsp3) is 0.652. The van der Waals surface area contributed by atoms with Gasteiger partial charge in [0.15, 0.2) is 5.79 Å². The monoisotopic (exact) mass is 434 g/mol. The van der Waals surface area contributed by atoms with E-state index in [1.54, 1.807) is 0 Å². The Morgan fingerprint density at radius 3 is 2.70 bits per heavy atom. The Hall–Kier alpha value is -0.680. The molecule has 2 aliphatic carbocycles. The number of rotatable bonds is 4. The molecule has 27 heavy (non-hydrogen) atoms. The summed E-state index contributed by atoms with van der Waals surface area (Å²) >= 11 is 3.73. The SMILES string of the molecule is CC(C)[C@@H]1CC[C@@H](C)C[C@@]12O[C@H]1C=C(Br)[C@@H](OCc3ccccc3)C[C@H]1O2. The average Bonchev–Trinajstić information content (AvgIpc) is 2.96. The van der Waals surface area contributed by atoms with Crippen LogP contribution in [0.3, 0.4) is 0 Å². The molecule has 1 aromatic rings. The van der Waals surface area contributed by atoms with Gasteiger partial charge in [0.2, 0.25) is 0 Å². The van der Waals surface area contributed by atoms with Crippen molar-refractivity contribution in [2.24, 2.45) is 17.8 Å². The third kappa shape index (κ3) is 4.05. The van der Waals surface area contributed by atoms with Gasteiger partial charge in [0.05, 0.1) is 18.8 Å². The lowest BCUT2D eigenvalue weighted by Crippen LogP contribution is -2.47. The second-order valence-electron chi connectivity index (χ2n) is 8.86. The summed E-state index contributed by atoms with van der Waals surface area (Å²) in [7, 11) is 0. The van der Waals surface area contributed by atoms with E-state index < -0.39 is 5.79 Å². The molecule has 3 nitrogen and oxygen atoms in total. The van der Waals surface area contributed by atoms with Gasteiger partial charge < -0.3 is 14.2 Å². The topological polar surface area (TPSA) is 27.7 Å². The molecule has 0 amide bonds. The molecule has 1 saturated carbocycles. The van der Waals surface area contributed by atoms with E-state index in [1.807, 2.05) is 6.07 Å². The van der Waals surface area contributed by atoms with Crippen LogP contribution < -0.4 is 0 Å². The van der Waals surface area contributed by atoms with Gasteiger partial charge in [-0.2, -0.15) is 0 Å². The van der Waals surface area contributed by atoms with Crippen LogP contribution in [0.1, 0.15) is 52.0 Å². The largest absolute Gasteiger partial charge is 0.368 e. The summed E-state index contributed by atoms with van der Waals surface area (Å²) in [5.74, 6) is 1.27. The molecule has 6 atom stereocenters. The molecule has 1 heterocycles. The molecule has 4 rings (SSSR count). The van der Waals surface area contributed by atoms with Crippen LogP contribution in [0.4, 0.5) is 0 Å². The molecule has 3 aliphatic rings. The molecule has 2 fully saturated rings. The van der Waals surface area contributed by atoms with E-state index in [0.717, 1.165) is 17.3 Å². The standard InChI is InChI=1S/C23H31BrO3/c1-15(2)18-10-9-16(3)13-23(18)26-21-11-19(24)20(12-22(21)27-23)25-14-17-7-5-4-6-8-17/h4-8,11,15-16,18,20-22H,9-10,12-14H2,1-3H3/t16-,18+,20+,21+,22-,23+/m1/s1. The van der Waals surface area contributed by atoms with Gasteiger partial charge in [0.1, 0.15) is 6.10 Å². The molecular weight excluding hydrogens is 404 g/mol. The Bertz CT molecular complexity index is 673. The normalized spacial score (nSPS) is 38.9. The van der Waals surface area contributed by atoms with Gasteiger partial charge in [-0.1, -0.05) is 73.5 Å². The first-order chi connectivity index (χ1) is 13.0. The van der Waals surface area contributed by atoms with Crippen molar-refractivity contribution in [3.8, 4) is 0 Å². The number of benzene rings is 1. The predicted molar refractivity (Wildman–Crippen MR) is 110 cm³/mol. The van der Waals surface area contributed by atoms with Crippen molar-refractivity contribution >= 4 is 15.9 Å². The Balaban J connectivity index is 1.46. The van der Waals surface area contributed by atoms with Gasteiger partial charge in [-0.3, -0.25) is 0 Å². The van der Waals surface area contributed by atoms with E-state index in [9.17, 15) is 0 Å². The highest BCUT2D eigenvalue weighted by Crippen LogP contribution is 2.51. The van der Waals surface area contributed by atoms with Gasteiger partial charge in [-0.15, -0.1) is 0 Å². The summed E-state index contributed by atoms with van der Waals surface area (Å²) in [6, 6.07) is 10.3. The lowest BCUT2D eigenvalue weighted by atomic mass is 9.73. The minimum atomic E-state index is -0.417. The van der Waals surface area contributed by atoms with E-state index in [0.29, 0.717) is 24.4 Å². The molecule has 0 radical (unpaired) electrons. The first-order valence-corrected chi connectivity index (χ1v) is 11.1. The number of hydrogen-bond acceptors (Lipinski definition) is 3. The fourth-order valence-corrected chi connectivity index (χ4v) is 5.60. The maximum absolute atomic E-state index is 6.70. The maximum Gasteiger partial charge on any atom is 0.173 e. The average molecular weight is 435 g/mol. The number of ether oxygens (including phenoxy) is 3.